The summed E-state index contributed by atoms with van der Waals surface area (Å²) < 4.78 is 16.6. The number of carbonyl (C=O) groups excluding carboxylic acids is 2. The number of nitrogens with zero attached hydrogens (tertiary/aromatic N) is 2. The van der Waals surface area contributed by atoms with Crippen molar-refractivity contribution in [2.75, 3.05) is 19.9 Å². The molecule has 2 amide bonds. The molecule has 1 aromatic heterocycles. The van der Waals surface area contributed by atoms with E-state index in [-0.39, 0.29) is 43.7 Å². The Hall–Kier alpha value is -4.59. The van der Waals surface area contributed by atoms with Gasteiger partial charge in [-0.05, 0) is 55.2 Å². The molecule has 212 valence electrons. The molecule has 5 rings (SSSR count). The number of fused-ring (bicyclic) bond motifs is 2. The van der Waals surface area contributed by atoms with E-state index in [4.69, 9.17) is 13.9 Å². The Kier molecular flexibility index (Phi) is 8.38. The highest BCUT2D eigenvalue weighted by Crippen LogP contribution is 2.33. The molecule has 2 heterocycles. The SMILES string of the molecule is Cc1ccc2occ(CN(Cc3ccccc3)C(=O)CN(CCC(C)C)C(=O)c3ccc4c(c3)OCO4)c(=O)c2c1. The number of hydrogen-bond acceptors (Lipinski definition) is 6. The molecular weight excluding hydrogens is 520 g/mol. The average Bonchev–Trinajstić information content (AvgIpc) is 3.44. The smallest absolute Gasteiger partial charge is 0.254 e. The Labute approximate surface area is 239 Å². The van der Waals surface area contributed by atoms with Gasteiger partial charge in [-0.3, -0.25) is 14.4 Å². The van der Waals surface area contributed by atoms with E-state index in [9.17, 15) is 14.4 Å². The molecule has 4 aromatic rings. The Morgan fingerprint density at radius 2 is 1.68 bits per heavy atom. The zero-order valence-corrected chi connectivity index (χ0v) is 23.6. The van der Waals surface area contributed by atoms with Gasteiger partial charge in [0.25, 0.3) is 5.91 Å². The molecule has 0 fully saturated rings. The first-order valence-corrected chi connectivity index (χ1v) is 13.8. The predicted octanol–water partition coefficient (Wildman–Crippen LogP) is 5.55. The van der Waals surface area contributed by atoms with Gasteiger partial charge in [0.2, 0.25) is 12.7 Å². The fourth-order valence-electron chi connectivity index (χ4n) is 4.78. The number of rotatable bonds is 10. The van der Waals surface area contributed by atoms with Gasteiger partial charge in [0.15, 0.2) is 16.9 Å². The maximum absolute atomic E-state index is 13.9. The molecular formula is C33H34N2O6. The van der Waals surface area contributed by atoms with Gasteiger partial charge in [0.05, 0.1) is 23.8 Å². The van der Waals surface area contributed by atoms with E-state index in [1.165, 1.54) is 6.26 Å². The van der Waals surface area contributed by atoms with Crippen molar-refractivity contribution in [1.82, 2.24) is 9.80 Å². The normalized spacial score (nSPS) is 12.1. The predicted molar refractivity (Wildman–Crippen MR) is 156 cm³/mol. The van der Waals surface area contributed by atoms with E-state index in [2.05, 4.69) is 13.8 Å². The van der Waals surface area contributed by atoms with Crippen LogP contribution in [0, 0.1) is 12.8 Å². The second-order valence-corrected chi connectivity index (χ2v) is 10.8. The highest BCUT2D eigenvalue weighted by molar-refractivity contribution is 5.97. The molecule has 8 heteroatoms. The molecule has 0 unspecified atom stereocenters. The van der Waals surface area contributed by atoms with Crippen molar-refractivity contribution >= 4 is 22.8 Å². The van der Waals surface area contributed by atoms with Gasteiger partial charge in [-0.15, -0.1) is 0 Å². The van der Waals surface area contributed by atoms with Crippen LogP contribution < -0.4 is 14.9 Å². The van der Waals surface area contributed by atoms with Crippen LogP contribution in [-0.4, -0.2) is 41.5 Å². The standard InChI is InChI=1S/C33H34N2O6/c1-22(2)13-14-34(33(38)25-10-12-29-30(16-25)41-21-40-29)19-31(36)35(17-24-7-5-4-6-8-24)18-26-20-39-28-11-9-23(3)15-27(28)32(26)37/h4-12,15-16,20,22H,13-14,17-19,21H2,1-3H3. The first kappa shape index (κ1) is 28.0. The molecule has 0 N–H and O–H groups in total. The summed E-state index contributed by atoms with van der Waals surface area (Å²) in [5.74, 6) is 0.899. The van der Waals surface area contributed by atoms with Crippen LogP contribution in [0.25, 0.3) is 11.0 Å². The molecule has 0 atom stereocenters. The maximum Gasteiger partial charge on any atom is 0.254 e. The summed E-state index contributed by atoms with van der Waals surface area (Å²) in [5.41, 5.74) is 2.99. The third-order valence-electron chi connectivity index (χ3n) is 7.14. The molecule has 0 spiro atoms. The summed E-state index contributed by atoms with van der Waals surface area (Å²) >= 11 is 0. The van der Waals surface area contributed by atoms with Crippen LogP contribution in [0.15, 0.2) is 82.2 Å². The molecule has 0 saturated heterocycles. The molecule has 3 aromatic carbocycles. The Balaban J connectivity index is 1.43. The van der Waals surface area contributed by atoms with Crippen molar-refractivity contribution in [2.24, 2.45) is 5.92 Å². The molecule has 0 radical (unpaired) electrons. The first-order chi connectivity index (χ1) is 19.8. The Morgan fingerprint density at radius 3 is 2.46 bits per heavy atom. The number of benzene rings is 3. The largest absolute Gasteiger partial charge is 0.464 e. The highest BCUT2D eigenvalue weighted by atomic mass is 16.7. The Morgan fingerprint density at radius 1 is 0.902 bits per heavy atom. The number of ether oxygens (including phenoxy) is 2. The molecule has 0 bridgehead atoms. The number of aryl methyl sites for hydroxylation is 1. The van der Waals surface area contributed by atoms with E-state index in [0.29, 0.717) is 46.1 Å². The van der Waals surface area contributed by atoms with Gasteiger partial charge in [0, 0.05) is 18.7 Å². The lowest BCUT2D eigenvalue weighted by atomic mass is 10.1. The quantitative estimate of drug-likeness (QED) is 0.256. The summed E-state index contributed by atoms with van der Waals surface area (Å²) in [6.07, 6.45) is 2.16. The number of hydrogen-bond donors (Lipinski definition) is 0. The molecule has 0 aliphatic carbocycles. The summed E-state index contributed by atoms with van der Waals surface area (Å²) in [6.45, 7) is 6.79. The minimum absolute atomic E-state index is 0.0518. The summed E-state index contributed by atoms with van der Waals surface area (Å²) in [6, 6.07) is 20.1. The van der Waals surface area contributed by atoms with E-state index in [1.54, 1.807) is 40.1 Å². The summed E-state index contributed by atoms with van der Waals surface area (Å²) in [4.78, 5) is 44.1. The second-order valence-electron chi connectivity index (χ2n) is 10.8. The topological polar surface area (TPSA) is 89.3 Å². The molecule has 0 saturated carbocycles. The highest BCUT2D eigenvalue weighted by Gasteiger charge is 2.25. The lowest BCUT2D eigenvalue weighted by Crippen LogP contribution is -2.43. The van der Waals surface area contributed by atoms with Crippen LogP contribution in [0.3, 0.4) is 0 Å². The van der Waals surface area contributed by atoms with Gasteiger partial charge in [-0.1, -0.05) is 55.8 Å². The van der Waals surface area contributed by atoms with E-state index in [1.807, 2.05) is 43.3 Å². The number of amides is 2. The summed E-state index contributed by atoms with van der Waals surface area (Å²) in [5, 5.41) is 0.478. The molecule has 1 aliphatic rings. The van der Waals surface area contributed by atoms with Crippen molar-refractivity contribution in [1.29, 1.82) is 0 Å². The molecule has 8 nitrogen and oxygen atoms in total. The fourth-order valence-corrected chi connectivity index (χ4v) is 4.78. The van der Waals surface area contributed by atoms with Gasteiger partial charge >= 0.3 is 0 Å². The van der Waals surface area contributed by atoms with Crippen LogP contribution in [-0.2, 0) is 17.9 Å². The zero-order valence-electron chi connectivity index (χ0n) is 23.6. The van der Waals surface area contributed by atoms with Gasteiger partial charge in [-0.2, -0.15) is 0 Å². The molecule has 41 heavy (non-hydrogen) atoms. The van der Waals surface area contributed by atoms with Crippen molar-refractivity contribution < 1.29 is 23.5 Å². The lowest BCUT2D eigenvalue weighted by molar-refractivity contribution is -0.133. The zero-order chi connectivity index (χ0) is 28.9. The van der Waals surface area contributed by atoms with Crippen LogP contribution in [0.4, 0.5) is 0 Å². The van der Waals surface area contributed by atoms with Gasteiger partial charge in [-0.25, -0.2) is 0 Å². The fraction of sp³-hybridized carbons (Fsp3) is 0.303. The van der Waals surface area contributed by atoms with Crippen LogP contribution >= 0.6 is 0 Å². The third kappa shape index (κ3) is 6.60. The maximum atomic E-state index is 13.9. The summed E-state index contributed by atoms with van der Waals surface area (Å²) in [7, 11) is 0. The molecule has 1 aliphatic heterocycles. The Bertz CT molecular complexity index is 1610. The van der Waals surface area contributed by atoms with E-state index >= 15 is 0 Å². The van der Waals surface area contributed by atoms with Gasteiger partial charge in [0.1, 0.15) is 12.1 Å². The third-order valence-corrected chi connectivity index (χ3v) is 7.14. The van der Waals surface area contributed by atoms with Crippen molar-refractivity contribution in [3.05, 3.63) is 105 Å². The van der Waals surface area contributed by atoms with Crippen molar-refractivity contribution in [2.45, 2.75) is 40.3 Å². The van der Waals surface area contributed by atoms with Crippen LogP contribution in [0.1, 0.15) is 47.3 Å². The number of carbonyl (C=O) groups is 2. The minimum Gasteiger partial charge on any atom is -0.464 e. The van der Waals surface area contributed by atoms with Crippen LogP contribution in [0.5, 0.6) is 11.5 Å². The van der Waals surface area contributed by atoms with Crippen LogP contribution in [0.2, 0.25) is 0 Å². The van der Waals surface area contributed by atoms with E-state index in [0.717, 1.165) is 17.5 Å². The van der Waals surface area contributed by atoms with Gasteiger partial charge < -0.3 is 23.7 Å². The average molecular weight is 555 g/mol. The lowest BCUT2D eigenvalue weighted by Gasteiger charge is -2.28. The van der Waals surface area contributed by atoms with Crippen molar-refractivity contribution in [3.8, 4) is 11.5 Å². The minimum atomic E-state index is -0.268. The van der Waals surface area contributed by atoms with Crippen molar-refractivity contribution in [3.63, 3.8) is 0 Å². The first-order valence-electron chi connectivity index (χ1n) is 13.8. The second kappa shape index (κ2) is 12.3. The van der Waals surface area contributed by atoms with E-state index < -0.39 is 0 Å². The monoisotopic (exact) mass is 554 g/mol.